The van der Waals surface area contributed by atoms with Crippen molar-refractivity contribution in [3.05, 3.63) is 30.1 Å². The summed E-state index contributed by atoms with van der Waals surface area (Å²) in [5.74, 6) is 1.59. The molecule has 1 aliphatic heterocycles. The van der Waals surface area contributed by atoms with E-state index in [0.717, 1.165) is 36.2 Å². The molecule has 2 rings (SSSR count). The number of likely N-dealkylation sites (tertiary alicyclic amines) is 1. The minimum atomic E-state index is -0.116. The molecule has 0 aromatic heterocycles. The first-order valence-corrected chi connectivity index (χ1v) is 8.00. The second-order valence-electron chi connectivity index (χ2n) is 5.33. The Morgan fingerprint density at radius 1 is 1.42 bits per heavy atom. The third kappa shape index (κ3) is 4.20. The Balaban J connectivity index is 1.80. The van der Waals surface area contributed by atoms with Gasteiger partial charge in [-0.25, -0.2) is 4.39 Å². The lowest BCUT2D eigenvalue weighted by Crippen LogP contribution is -2.47. The highest BCUT2D eigenvalue weighted by atomic mass is 32.2. The van der Waals surface area contributed by atoms with Gasteiger partial charge >= 0.3 is 0 Å². The van der Waals surface area contributed by atoms with Crippen molar-refractivity contribution in [3.63, 3.8) is 0 Å². The highest BCUT2D eigenvalue weighted by Crippen LogP contribution is 2.24. The minimum Gasteiger partial charge on any atom is -0.329 e. The summed E-state index contributed by atoms with van der Waals surface area (Å²) >= 11 is 1.60. The lowest BCUT2D eigenvalue weighted by atomic mass is 9.92. The van der Waals surface area contributed by atoms with E-state index in [1.807, 2.05) is 12.1 Å². The van der Waals surface area contributed by atoms with Gasteiger partial charge in [0.1, 0.15) is 5.82 Å². The minimum absolute atomic E-state index is 0.116. The zero-order chi connectivity index (χ0) is 13.7. The summed E-state index contributed by atoms with van der Waals surface area (Å²) in [6.45, 7) is 5.15. The van der Waals surface area contributed by atoms with Crippen LogP contribution in [-0.4, -0.2) is 36.3 Å². The van der Waals surface area contributed by atoms with Crippen LogP contribution in [0.25, 0.3) is 0 Å². The van der Waals surface area contributed by atoms with Crippen LogP contribution in [0.4, 0.5) is 4.39 Å². The van der Waals surface area contributed by atoms with Gasteiger partial charge in [0.2, 0.25) is 0 Å². The van der Waals surface area contributed by atoms with Gasteiger partial charge in [0.25, 0.3) is 0 Å². The lowest BCUT2D eigenvalue weighted by Gasteiger charge is -2.37. The Hall–Kier alpha value is -0.580. The van der Waals surface area contributed by atoms with Crippen LogP contribution in [0.2, 0.25) is 0 Å². The van der Waals surface area contributed by atoms with E-state index in [9.17, 15) is 4.39 Å². The summed E-state index contributed by atoms with van der Waals surface area (Å²) in [5, 5.41) is 0. The zero-order valence-electron chi connectivity index (χ0n) is 11.5. The van der Waals surface area contributed by atoms with E-state index in [0.29, 0.717) is 6.04 Å². The number of piperidine rings is 1. The molecule has 1 fully saturated rings. The van der Waals surface area contributed by atoms with Crippen LogP contribution in [0.3, 0.4) is 0 Å². The van der Waals surface area contributed by atoms with Gasteiger partial charge in [-0.3, -0.25) is 4.90 Å². The van der Waals surface area contributed by atoms with E-state index in [1.165, 1.54) is 18.9 Å². The molecule has 0 radical (unpaired) electrons. The number of thioether (sulfide) groups is 1. The Morgan fingerprint density at radius 3 is 2.95 bits per heavy atom. The predicted molar refractivity (Wildman–Crippen MR) is 79.9 cm³/mol. The molecule has 2 N–H and O–H groups in total. The molecule has 4 heteroatoms. The van der Waals surface area contributed by atoms with Crippen molar-refractivity contribution in [2.75, 3.05) is 25.4 Å². The van der Waals surface area contributed by atoms with E-state index in [-0.39, 0.29) is 5.82 Å². The summed E-state index contributed by atoms with van der Waals surface area (Å²) in [7, 11) is 0. The van der Waals surface area contributed by atoms with Crippen LogP contribution < -0.4 is 5.73 Å². The molecule has 2 unspecified atom stereocenters. The molecule has 2 atom stereocenters. The van der Waals surface area contributed by atoms with Gasteiger partial charge in [-0.15, -0.1) is 11.8 Å². The van der Waals surface area contributed by atoms with Crippen LogP contribution in [0, 0.1) is 11.7 Å². The number of halogens is 1. The van der Waals surface area contributed by atoms with Gasteiger partial charge < -0.3 is 5.73 Å². The molecule has 0 spiro atoms. The SMILES string of the molecule is CC1CCN(CCSc2ccccc2F)C(CN)C1. The first-order chi connectivity index (χ1) is 9.20. The topological polar surface area (TPSA) is 29.3 Å². The molecule has 0 saturated carbocycles. The number of benzene rings is 1. The largest absolute Gasteiger partial charge is 0.329 e. The van der Waals surface area contributed by atoms with E-state index < -0.39 is 0 Å². The third-order valence-electron chi connectivity index (χ3n) is 3.84. The molecule has 1 aromatic carbocycles. The average Bonchev–Trinajstić information content (AvgIpc) is 2.42. The molecule has 106 valence electrons. The first-order valence-electron chi connectivity index (χ1n) is 7.02. The number of hydrogen-bond donors (Lipinski definition) is 1. The molecule has 19 heavy (non-hydrogen) atoms. The van der Waals surface area contributed by atoms with Gasteiger partial charge in [0.05, 0.1) is 0 Å². The fourth-order valence-electron chi connectivity index (χ4n) is 2.67. The average molecular weight is 282 g/mol. The molecule has 0 bridgehead atoms. The van der Waals surface area contributed by atoms with Crippen molar-refractivity contribution >= 4 is 11.8 Å². The lowest BCUT2D eigenvalue weighted by molar-refractivity contribution is 0.130. The van der Waals surface area contributed by atoms with Crippen molar-refractivity contribution in [1.29, 1.82) is 0 Å². The smallest absolute Gasteiger partial charge is 0.136 e. The first kappa shape index (κ1) is 14.8. The summed E-state index contributed by atoms with van der Waals surface area (Å²) < 4.78 is 13.5. The third-order valence-corrected chi connectivity index (χ3v) is 4.87. The molecule has 1 saturated heterocycles. The van der Waals surface area contributed by atoms with E-state index in [4.69, 9.17) is 5.73 Å². The van der Waals surface area contributed by atoms with Crippen molar-refractivity contribution in [3.8, 4) is 0 Å². The standard InChI is InChI=1S/C15H23FN2S/c1-12-6-7-18(13(10-12)11-17)8-9-19-15-5-3-2-4-14(15)16/h2-5,12-13H,6-11,17H2,1H3. The number of nitrogens with two attached hydrogens (primary N) is 1. The summed E-state index contributed by atoms with van der Waals surface area (Å²) in [6, 6.07) is 7.49. The maximum atomic E-state index is 13.5. The molecular weight excluding hydrogens is 259 g/mol. The van der Waals surface area contributed by atoms with Crippen molar-refractivity contribution in [1.82, 2.24) is 4.90 Å². The van der Waals surface area contributed by atoms with Gasteiger partial charge in [-0.2, -0.15) is 0 Å². The monoisotopic (exact) mass is 282 g/mol. The Bertz CT molecular complexity index is 399. The maximum absolute atomic E-state index is 13.5. The van der Waals surface area contributed by atoms with Crippen LogP contribution in [-0.2, 0) is 0 Å². The second kappa shape index (κ2) is 7.27. The fourth-order valence-corrected chi connectivity index (χ4v) is 3.60. The number of nitrogens with zero attached hydrogens (tertiary/aromatic N) is 1. The fraction of sp³-hybridized carbons (Fsp3) is 0.600. The number of hydrogen-bond acceptors (Lipinski definition) is 3. The van der Waals surface area contributed by atoms with Gasteiger partial charge in [0, 0.05) is 29.8 Å². The van der Waals surface area contributed by atoms with Crippen LogP contribution >= 0.6 is 11.8 Å². The van der Waals surface area contributed by atoms with Gasteiger partial charge in [-0.05, 0) is 37.4 Å². The Labute approximate surface area is 119 Å². The zero-order valence-corrected chi connectivity index (χ0v) is 12.3. The van der Waals surface area contributed by atoms with E-state index in [2.05, 4.69) is 11.8 Å². The van der Waals surface area contributed by atoms with E-state index in [1.54, 1.807) is 17.8 Å². The molecular formula is C15H23FN2S. The summed E-state index contributed by atoms with van der Waals surface area (Å²) in [5.41, 5.74) is 5.85. The highest BCUT2D eigenvalue weighted by molar-refractivity contribution is 7.99. The van der Waals surface area contributed by atoms with Crippen molar-refractivity contribution in [2.45, 2.75) is 30.7 Å². The highest BCUT2D eigenvalue weighted by Gasteiger charge is 2.24. The van der Waals surface area contributed by atoms with Gasteiger partial charge in [-0.1, -0.05) is 19.1 Å². The van der Waals surface area contributed by atoms with Gasteiger partial charge in [0.15, 0.2) is 0 Å². The maximum Gasteiger partial charge on any atom is 0.136 e. The van der Waals surface area contributed by atoms with Crippen molar-refractivity contribution < 1.29 is 4.39 Å². The Kier molecular flexibility index (Phi) is 5.67. The van der Waals surface area contributed by atoms with Crippen molar-refractivity contribution in [2.24, 2.45) is 11.7 Å². The normalized spacial score (nSPS) is 24.6. The van der Waals surface area contributed by atoms with Crippen LogP contribution in [0.15, 0.2) is 29.2 Å². The summed E-state index contributed by atoms with van der Waals surface area (Å²) in [4.78, 5) is 3.21. The molecule has 1 heterocycles. The second-order valence-corrected chi connectivity index (χ2v) is 6.47. The Morgan fingerprint density at radius 2 is 2.21 bits per heavy atom. The predicted octanol–water partition coefficient (Wildman–Crippen LogP) is 2.98. The molecule has 1 aliphatic rings. The van der Waals surface area contributed by atoms with E-state index >= 15 is 0 Å². The van der Waals surface area contributed by atoms with Crippen LogP contribution in [0.5, 0.6) is 0 Å². The molecule has 0 amide bonds. The quantitative estimate of drug-likeness (QED) is 0.842. The molecule has 0 aliphatic carbocycles. The molecule has 2 nitrogen and oxygen atoms in total. The number of rotatable bonds is 5. The summed E-state index contributed by atoms with van der Waals surface area (Å²) in [6.07, 6.45) is 2.45. The van der Waals surface area contributed by atoms with Crippen LogP contribution in [0.1, 0.15) is 19.8 Å². The molecule has 1 aromatic rings.